The highest BCUT2D eigenvalue weighted by Gasteiger charge is 2.39. The zero-order valence-corrected chi connectivity index (χ0v) is 8.17. The van der Waals surface area contributed by atoms with Crippen LogP contribution in [0.3, 0.4) is 0 Å². The summed E-state index contributed by atoms with van der Waals surface area (Å²) in [7, 11) is 0. The lowest BCUT2D eigenvalue weighted by Crippen LogP contribution is -2.36. The van der Waals surface area contributed by atoms with Gasteiger partial charge in [-0.1, -0.05) is 0 Å². The fourth-order valence-corrected chi connectivity index (χ4v) is 2.25. The molecule has 0 aromatic carbocycles. The second-order valence-electron chi connectivity index (χ2n) is 3.62. The van der Waals surface area contributed by atoms with Crippen molar-refractivity contribution in [3.8, 4) is 0 Å². The van der Waals surface area contributed by atoms with Crippen LogP contribution in [0.15, 0.2) is 6.33 Å². The monoisotopic (exact) mass is 199 g/mol. The molecule has 0 amide bonds. The van der Waals surface area contributed by atoms with Crippen LogP contribution in [0.5, 0.6) is 0 Å². The molecule has 1 fully saturated rings. The Balaban J connectivity index is 2.08. The molecule has 1 aromatic heterocycles. The van der Waals surface area contributed by atoms with Gasteiger partial charge in [0.2, 0.25) is 0 Å². The molecule has 0 saturated heterocycles. The van der Waals surface area contributed by atoms with Gasteiger partial charge in [-0.25, -0.2) is 4.98 Å². The molecule has 1 aliphatic rings. The van der Waals surface area contributed by atoms with Crippen molar-refractivity contribution >= 4 is 12.6 Å². The lowest BCUT2D eigenvalue weighted by Gasteiger charge is -2.25. The number of H-pyrrole nitrogens is 1. The molecule has 0 radical (unpaired) electrons. The molecule has 2 N–H and O–H groups in total. The zero-order valence-electron chi connectivity index (χ0n) is 7.27. The van der Waals surface area contributed by atoms with E-state index < -0.39 is 5.60 Å². The van der Waals surface area contributed by atoms with Crippen LogP contribution in [-0.2, 0) is 6.42 Å². The Hall–Kier alpha value is -0.550. The van der Waals surface area contributed by atoms with Crippen molar-refractivity contribution < 1.29 is 5.11 Å². The smallest absolute Gasteiger partial charge is 0.137 e. The summed E-state index contributed by atoms with van der Waals surface area (Å²) in [5, 5.41) is 16.7. The van der Waals surface area contributed by atoms with E-state index in [0.717, 1.165) is 25.1 Å². The Morgan fingerprint density at radius 2 is 2.62 bits per heavy atom. The first-order valence-corrected chi connectivity index (χ1v) is 4.97. The number of aromatic nitrogens is 3. The third-order valence-electron chi connectivity index (χ3n) is 2.65. The van der Waals surface area contributed by atoms with Crippen LogP contribution in [0, 0.1) is 0 Å². The van der Waals surface area contributed by atoms with Gasteiger partial charge in [-0.05, 0) is 19.3 Å². The number of aromatic amines is 1. The highest BCUT2D eigenvalue weighted by Crippen LogP contribution is 2.35. The maximum absolute atomic E-state index is 10.2. The minimum Gasteiger partial charge on any atom is -0.388 e. The Kier molecular flexibility index (Phi) is 2.29. The molecule has 5 heteroatoms. The Morgan fingerprint density at radius 3 is 3.15 bits per heavy atom. The highest BCUT2D eigenvalue weighted by atomic mass is 32.1. The number of thiol groups is 1. The van der Waals surface area contributed by atoms with Gasteiger partial charge in [-0.2, -0.15) is 17.7 Å². The van der Waals surface area contributed by atoms with E-state index in [9.17, 15) is 5.11 Å². The zero-order chi connectivity index (χ0) is 9.31. The summed E-state index contributed by atoms with van der Waals surface area (Å²) in [6, 6.07) is 0. The number of nitrogens with one attached hydrogen (secondary N) is 1. The summed E-state index contributed by atoms with van der Waals surface area (Å²) in [5.41, 5.74) is -0.692. The lowest BCUT2D eigenvalue weighted by molar-refractivity contribution is 0.0519. The summed E-state index contributed by atoms with van der Waals surface area (Å²) >= 11 is 4.37. The number of rotatable bonds is 2. The Labute approximate surface area is 82.2 Å². The molecule has 1 heterocycles. The van der Waals surface area contributed by atoms with Gasteiger partial charge in [0.25, 0.3) is 0 Å². The highest BCUT2D eigenvalue weighted by molar-refractivity contribution is 7.81. The van der Waals surface area contributed by atoms with Crippen LogP contribution in [0.4, 0.5) is 0 Å². The van der Waals surface area contributed by atoms with E-state index in [0.29, 0.717) is 6.42 Å². The molecule has 1 aromatic rings. The lowest BCUT2D eigenvalue weighted by atomic mass is 9.97. The molecular formula is C8H13N3OS. The minimum absolute atomic E-state index is 0.0672. The topological polar surface area (TPSA) is 61.8 Å². The Bertz CT molecular complexity index is 277. The van der Waals surface area contributed by atoms with Gasteiger partial charge in [-0.3, -0.25) is 5.10 Å². The van der Waals surface area contributed by atoms with Crippen LogP contribution in [-0.4, -0.2) is 31.1 Å². The molecule has 0 aliphatic heterocycles. The number of nitrogens with zero attached hydrogens (tertiary/aromatic N) is 2. The second kappa shape index (κ2) is 3.31. The molecule has 2 atom stereocenters. The molecular weight excluding hydrogens is 186 g/mol. The van der Waals surface area contributed by atoms with Crippen molar-refractivity contribution in [1.82, 2.24) is 15.2 Å². The molecule has 0 spiro atoms. The second-order valence-corrected chi connectivity index (χ2v) is 4.24. The van der Waals surface area contributed by atoms with E-state index in [4.69, 9.17) is 0 Å². The largest absolute Gasteiger partial charge is 0.388 e. The molecule has 4 nitrogen and oxygen atoms in total. The van der Waals surface area contributed by atoms with Crippen molar-refractivity contribution in [2.45, 2.75) is 36.5 Å². The molecule has 2 rings (SSSR count). The average molecular weight is 199 g/mol. The summed E-state index contributed by atoms with van der Waals surface area (Å²) in [6.45, 7) is 0. The molecule has 72 valence electrons. The summed E-state index contributed by atoms with van der Waals surface area (Å²) in [4.78, 5) is 4.00. The normalized spacial score (nSPS) is 33.8. The first-order chi connectivity index (χ1) is 6.21. The summed E-state index contributed by atoms with van der Waals surface area (Å²) < 4.78 is 0. The molecule has 2 unspecified atom stereocenters. The van der Waals surface area contributed by atoms with Gasteiger partial charge >= 0.3 is 0 Å². The van der Waals surface area contributed by atoms with Gasteiger partial charge in [0.1, 0.15) is 12.2 Å². The SMILES string of the molecule is OC1(Cc2ncn[nH]2)CCCC1S. The fraction of sp³-hybridized carbons (Fsp3) is 0.750. The molecule has 0 bridgehead atoms. The number of aliphatic hydroxyl groups is 1. The fourth-order valence-electron chi connectivity index (χ4n) is 1.85. The van der Waals surface area contributed by atoms with Gasteiger partial charge in [-0.15, -0.1) is 0 Å². The van der Waals surface area contributed by atoms with Gasteiger partial charge in [0.05, 0.1) is 5.60 Å². The van der Waals surface area contributed by atoms with Crippen LogP contribution < -0.4 is 0 Å². The van der Waals surface area contributed by atoms with Crippen molar-refractivity contribution in [3.05, 3.63) is 12.2 Å². The average Bonchev–Trinajstić information content (AvgIpc) is 2.65. The van der Waals surface area contributed by atoms with Crippen LogP contribution in [0.25, 0.3) is 0 Å². The maximum atomic E-state index is 10.2. The van der Waals surface area contributed by atoms with Crippen molar-refractivity contribution in [3.63, 3.8) is 0 Å². The standard InChI is InChI=1S/C8H13N3OS/c12-8(3-1-2-6(8)13)4-7-9-5-10-11-7/h5-6,12-13H,1-4H2,(H,9,10,11). The maximum Gasteiger partial charge on any atom is 0.137 e. The van der Waals surface area contributed by atoms with E-state index >= 15 is 0 Å². The minimum atomic E-state index is -0.692. The predicted octanol–water partition coefficient (Wildman–Crippen LogP) is 0.561. The molecule has 1 aliphatic carbocycles. The van der Waals surface area contributed by atoms with Gasteiger partial charge < -0.3 is 5.11 Å². The summed E-state index contributed by atoms with van der Waals surface area (Å²) in [5.74, 6) is 0.739. The number of hydrogen-bond donors (Lipinski definition) is 3. The molecule has 1 saturated carbocycles. The van der Waals surface area contributed by atoms with E-state index in [1.54, 1.807) is 0 Å². The Morgan fingerprint density at radius 1 is 1.77 bits per heavy atom. The third-order valence-corrected chi connectivity index (χ3v) is 3.38. The van der Waals surface area contributed by atoms with E-state index in [1.165, 1.54) is 6.33 Å². The third kappa shape index (κ3) is 1.71. The van der Waals surface area contributed by atoms with Crippen LogP contribution in [0.2, 0.25) is 0 Å². The first kappa shape index (κ1) is 9.02. The molecule has 13 heavy (non-hydrogen) atoms. The van der Waals surface area contributed by atoms with E-state index in [2.05, 4.69) is 27.8 Å². The van der Waals surface area contributed by atoms with Crippen molar-refractivity contribution in [2.75, 3.05) is 0 Å². The summed E-state index contributed by atoms with van der Waals surface area (Å²) in [6.07, 6.45) is 4.82. The first-order valence-electron chi connectivity index (χ1n) is 4.45. The predicted molar refractivity (Wildman–Crippen MR) is 51.7 cm³/mol. The van der Waals surface area contributed by atoms with E-state index in [1.807, 2.05) is 0 Å². The number of hydrogen-bond acceptors (Lipinski definition) is 4. The quantitative estimate of drug-likeness (QED) is 0.610. The van der Waals surface area contributed by atoms with Crippen molar-refractivity contribution in [2.24, 2.45) is 0 Å². The van der Waals surface area contributed by atoms with Crippen molar-refractivity contribution in [1.29, 1.82) is 0 Å². The van der Waals surface area contributed by atoms with Crippen LogP contribution in [0.1, 0.15) is 25.1 Å². The van der Waals surface area contributed by atoms with E-state index in [-0.39, 0.29) is 5.25 Å². The van der Waals surface area contributed by atoms with Gasteiger partial charge in [0, 0.05) is 11.7 Å². The van der Waals surface area contributed by atoms with Crippen LogP contribution >= 0.6 is 12.6 Å². The van der Waals surface area contributed by atoms with Gasteiger partial charge in [0.15, 0.2) is 0 Å².